The van der Waals surface area contributed by atoms with Gasteiger partial charge in [-0.05, 0) is 12.1 Å². The molecular weight excluding hydrogens is 200 g/mol. The zero-order valence-corrected chi connectivity index (χ0v) is 7.24. The first-order valence-electron chi connectivity index (χ1n) is 3.44. The van der Waals surface area contributed by atoms with E-state index in [9.17, 15) is 13.6 Å². The molecule has 5 heteroatoms. The Bertz CT molecular complexity index is 354. The van der Waals surface area contributed by atoms with Crippen molar-refractivity contribution in [1.29, 1.82) is 0 Å². The number of hydrogen-bond donors (Lipinski definition) is 1. The number of ketones is 1. The topological polar surface area (TPSA) is 43.1 Å². The van der Waals surface area contributed by atoms with Crippen LogP contribution < -0.4 is 5.73 Å². The standard InChI is InChI=1S/C8H6ClF2NO/c9-7-4(6(13)3-12)1-2-5(10)8(7)11/h1-2H,3,12H2. The summed E-state index contributed by atoms with van der Waals surface area (Å²) in [6, 6.07) is 1.94. The highest BCUT2D eigenvalue weighted by molar-refractivity contribution is 6.34. The molecule has 0 atom stereocenters. The van der Waals surface area contributed by atoms with E-state index in [0.717, 1.165) is 12.1 Å². The monoisotopic (exact) mass is 205 g/mol. The molecule has 0 saturated carbocycles. The first-order chi connectivity index (χ1) is 6.07. The Kier molecular flexibility index (Phi) is 2.95. The number of benzene rings is 1. The predicted octanol–water partition coefficient (Wildman–Crippen LogP) is 1.76. The van der Waals surface area contributed by atoms with Gasteiger partial charge < -0.3 is 5.73 Å². The summed E-state index contributed by atoms with van der Waals surface area (Å²) in [4.78, 5) is 11.0. The molecule has 0 fully saturated rings. The van der Waals surface area contributed by atoms with Gasteiger partial charge in [0.1, 0.15) is 0 Å². The van der Waals surface area contributed by atoms with Crippen molar-refractivity contribution in [3.8, 4) is 0 Å². The maximum absolute atomic E-state index is 12.8. The summed E-state index contributed by atoms with van der Waals surface area (Å²) < 4.78 is 25.3. The van der Waals surface area contributed by atoms with Crippen molar-refractivity contribution in [3.05, 3.63) is 34.4 Å². The van der Waals surface area contributed by atoms with Gasteiger partial charge in [0.25, 0.3) is 0 Å². The Balaban J connectivity index is 3.26. The molecule has 0 amide bonds. The van der Waals surface area contributed by atoms with E-state index in [1.54, 1.807) is 0 Å². The lowest BCUT2D eigenvalue weighted by molar-refractivity contribution is 0.100. The Morgan fingerprint density at radius 1 is 1.46 bits per heavy atom. The summed E-state index contributed by atoms with van der Waals surface area (Å²) in [6.07, 6.45) is 0. The van der Waals surface area contributed by atoms with Gasteiger partial charge >= 0.3 is 0 Å². The molecule has 0 saturated heterocycles. The van der Waals surface area contributed by atoms with E-state index in [4.69, 9.17) is 17.3 Å². The van der Waals surface area contributed by atoms with E-state index in [1.807, 2.05) is 0 Å². The zero-order chi connectivity index (χ0) is 10.0. The zero-order valence-electron chi connectivity index (χ0n) is 6.48. The fourth-order valence-corrected chi connectivity index (χ4v) is 1.11. The molecule has 2 nitrogen and oxygen atoms in total. The van der Waals surface area contributed by atoms with E-state index >= 15 is 0 Å². The molecule has 0 aliphatic heterocycles. The van der Waals surface area contributed by atoms with Crippen LogP contribution in [0.1, 0.15) is 10.4 Å². The second kappa shape index (κ2) is 3.81. The lowest BCUT2D eigenvalue weighted by Crippen LogP contribution is -2.14. The highest BCUT2D eigenvalue weighted by atomic mass is 35.5. The molecular formula is C8H6ClF2NO. The van der Waals surface area contributed by atoms with Crippen molar-refractivity contribution in [1.82, 2.24) is 0 Å². The molecule has 0 spiro atoms. The molecule has 0 aliphatic carbocycles. The van der Waals surface area contributed by atoms with Gasteiger partial charge in [0, 0.05) is 5.56 Å². The maximum atomic E-state index is 12.8. The third-order valence-corrected chi connectivity index (χ3v) is 1.89. The Morgan fingerprint density at radius 3 is 2.62 bits per heavy atom. The van der Waals surface area contributed by atoms with Crippen LogP contribution in [0.4, 0.5) is 8.78 Å². The maximum Gasteiger partial charge on any atom is 0.178 e. The van der Waals surface area contributed by atoms with Gasteiger partial charge in [0.2, 0.25) is 0 Å². The van der Waals surface area contributed by atoms with Crippen molar-refractivity contribution in [2.75, 3.05) is 6.54 Å². The van der Waals surface area contributed by atoms with Crippen molar-refractivity contribution in [2.24, 2.45) is 5.73 Å². The molecule has 1 aromatic rings. The van der Waals surface area contributed by atoms with E-state index in [2.05, 4.69) is 0 Å². The fraction of sp³-hybridized carbons (Fsp3) is 0.125. The molecule has 0 heterocycles. The number of carbonyl (C=O) groups excluding carboxylic acids is 1. The van der Waals surface area contributed by atoms with Gasteiger partial charge in [-0.3, -0.25) is 4.79 Å². The lowest BCUT2D eigenvalue weighted by Gasteiger charge is -2.02. The molecule has 2 N–H and O–H groups in total. The van der Waals surface area contributed by atoms with Gasteiger partial charge in [-0.1, -0.05) is 11.6 Å². The van der Waals surface area contributed by atoms with Crippen molar-refractivity contribution < 1.29 is 13.6 Å². The van der Waals surface area contributed by atoms with Gasteiger partial charge in [-0.2, -0.15) is 0 Å². The molecule has 0 aliphatic rings. The minimum absolute atomic E-state index is 0.0944. The predicted molar refractivity (Wildman–Crippen MR) is 44.8 cm³/mol. The van der Waals surface area contributed by atoms with E-state index in [0.29, 0.717) is 0 Å². The van der Waals surface area contributed by atoms with Crippen LogP contribution in [0.25, 0.3) is 0 Å². The van der Waals surface area contributed by atoms with Crippen molar-refractivity contribution in [3.63, 3.8) is 0 Å². The van der Waals surface area contributed by atoms with Crippen LogP contribution in [0, 0.1) is 11.6 Å². The molecule has 0 unspecified atom stereocenters. The number of Topliss-reactive ketones (excluding diaryl/α,β-unsaturated/α-hetero) is 1. The summed E-state index contributed by atoms with van der Waals surface area (Å²) in [5.41, 5.74) is 4.94. The quantitative estimate of drug-likeness (QED) is 0.591. The number of rotatable bonds is 2. The van der Waals surface area contributed by atoms with Crippen LogP contribution >= 0.6 is 11.6 Å². The molecule has 0 bridgehead atoms. The second-order valence-corrected chi connectivity index (χ2v) is 2.73. The molecule has 1 aromatic carbocycles. The first-order valence-corrected chi connectivity index (χ1v) is 3.82. The van der Waals surface area contributed by atoms with E-state index < -0.39 is 22.4 Å². The molecule has 1 rings (SSSR count). The molecule has 70 valence electrons. The number of hydrogen-bond acceptors (Lipinski definition) is 2. The number of nitrogens with two attached hydrogens (primary N) is 1. The van der Waals surface area contributed by atoms with Crippen molar-refractivity contribution in [2.45, 2.75) is 0 Å². The Morgan fingerprint density at radius 2 is 2.08 bits per heavy atom. The van der Waals surface area contributed by atoms with Crippen LogP contribution in [0.2, 0.25) is 5.02 Å². The highest BCUT2D eigenvalue weighted by Gasteiger charge is 2.15. The van der Waals surface area contributed by atoms with Gasteiger partial charge in [-0.25, -0.2) is 8.78 Å². The normalized spacial score (nSPS) is 10.2. The van der Waals surface area contributed by atoms with Crippen LogP contribution in [-0.4, -0.2) is 12.3 Å². The molecule has 13 heavy (non-hydrogen) atoms. The summed E-state index contributed by atoms with van der Waals surface area (Å²) in [5.74, 6) is -2.83. The van der Waals surface area contributed by atoms with E-state index in [-0.39, 0.29) is 12.1 Å². The summed E-state index contributed by atoms with van der Waals surface area (Å²) in [7, 11) is 0. The first kappa shape index (κ1) is 10.1. The minimum Gasteiger partial charge on any atom is -0.324 e. The van der Waals surface area contributed by atoms with Gasteiger partial charge in [-0.15, -0.1) is 0 Å². The molecule has 0 aromatic heterocycles. The third kappa shape index (κ3) is 1.84. The van der Waals surface area contributed by atoms with E-state index in [1.165, 1.54) is 0 Å². The van der Waals surface area contributed by atoms with Crippen LogP contribution in [0.3, 0.4) is 0 Å². The Hall–Kier alpha value is -1.00. The smallest absolute Gasteiger partial charge is 0.178 e. The Labute approximate surface area is 78.3 Å². The number of carbonyl (C=O) groups is 1. The van der Waals surface area contributed by atoms with Crippen molar-refractivity contribution >= 4 is 17.4 Å². The molecule has 0 radical (unpaired) electrons. The average molecular weight is 206 g/mol. The summed E-state index contributed by atoms with van der Waals surface area (Å²) >= 11 is 5.38. The largest absolute Gasteiger partial charge is 0.324 e. The summed E-state index contributed by atoms with van der Waals surface area (Å²) in [5, 5.41) is -0.518. The fourth-order valence-electron chi connectivity index (χ4n) is 0.851. The minimum atomic E-state index is -1.22. The average Bonchev–Trinajstić information content (AvgIpc) is 2.13. The third-order valence-electron chi connectivity index (χ3n) is 1.52. The number of halogens is 3. The van der Waals surface area contributed by atoms with Crippen LogP contribution in [0.15, 0.2) is 12.1 Å². The van der Waals surface area contributed by atoms with Crippen LogP contribution in [-0.2, 0) is 0 Å². The second-order valence-electron chi connectivity index (χ2n) is 2.35. The van der Waals surface area contributed by atoms with Gasteiger partial charge in [0.05, 0.1) is 11.6 Å². The lowest BCUT2D eigenvalue weighted by atomic mass is 10.1. The SMILES string of the molecule is NCC(=O)c1ccc(F)c(F)c1Cl. The summed E-state index contributed by atoms with van der Waals surface area (Å²) in [6.45, 7) is -0.287. The van der Waals surface area contributed by atoms with Crippen LogP contribution in [0.5, 0.6) is 0 Å². The van der Waals surface area contributed by atoms with Gasteiger partial charge in [0.15, 0.2) is 17.4 Å². The highest BCUT2D eigenvalue weighted by Crippen LogP contribution is 2.22.